The number of nitrogens with zero attached hydrogens (tertiary/aromatic N) is 4. The molecule has 2 aromatic carbocycles. The predicted octanol–water partition coefficient (Wildman–Crippen LogP) is 2.39. The zero-order chi connectivity index (χ0) is 19.0. The van der Waals surface area contributed by atoms with Crippen molar-refractivity contribution < 1.29 is 8.78 Å². The Morgan fingerprint density at radius 3 is 2.48 bits per heavy atom. The first-order valence-corrected chi connectivity index (χ1v) is 8.74. The highest BCUT2D eigenvalue weighted by atomic mass is 19.1. The average molecular weight is 370 g/mol. The van der Waals surface area contributed by atoms with E-state index in [4.69, 9.17) is 11.5 Å². The molecule has 0 bridgehead atoms. The van der Waals surface area contributed by atoms with Crippen LogP contribution < -0.4 is 16.4 Å². The number of nitrogens with two attached hydrogens (primary N) is 2. The Morgan fingerprint density at radius 1 is 0.963 bits per heavy atom. The third kappa shape index (κ3) is 3.48. The molecule has 0 unspecified atom stereocenters. The fraction of sp³-hybridized carbons (Fsp3) is 0.263. The molecule has 0 radical (unpaired) electrons. The largest absolute Gasteiger partial charge is 0.383 e. The molecule has 4 rings (SSSR count). The summed E-state index contributed by atoms with van der Waals surface area (Å²) in [5, 5.41) is 0.796. The van der Waals surface area contributed by atoms with Gasteiger partial charge in [0.1, 0.15) is 17.5 Å². The number of nitrogen functional groups attached to an aromatic ring is 2. The molecule has 0 saturated carbocycles. The molecular formula is C19H20F2N6. The SMILES string of the molecule is Nc1nc(N)c2c(N3CCN(Cc4ccc(F)cc4F)CC3)cccc2n1. The van der Waals surface area contributed by atoms with Crippen molar-refractivity contribution in [2.45, 2.75) is 6.54 Å². The van der Waals surface area contributed by atoms with Gasteiger partial charge in [-0.15, -0.1) is 0 Å². The van der Waals surface area contributed by atoms with Gasteiger partial charge in [-0.2, -0.15) is 4.98 Å². The van der Waals surface area contributed by atoms with Crippen LogP contribution in [0.5, 0.6) is 0 Å². The Morgan fingerprint density at radius 2 is 1.74 bits per heavy atom. The number of fused-ring (bicyclic) bond motifs is 1. The van der Waals surface area contributed by atoms with Gasteiger partial charge in [-0.25, -0.2) is 13.8 Å². The Bertz CT molecular complexity index is 985. The third-order valence-electron chi connectivity index (χ3n) is 4.87. The number of piperazine rings is 1. The molecule has 1 aliphatic heterocycles. The minimum Gasteiger partial charge on any atom is -0.383 e. The van der Waals surface area contributed by atoms with Crippen LogP contribution in [-0.4, -0.2) is 41.0 Å². The summed E-state index contributed by atoms with van der Waals surface area (Å²) in [7, 11) is 0. The van der Waals surface area contributed by atoms with Gasteiger partial charge in [0.25, 0.3) is 0 Å². The third-order valence-corrected chi connectivity index (χ3v) is 4.87. The first-order valence-electron chi connectivity index (χ1n) is 8.74. The summed E-state index contributed by atoms with van der Waals surface area (Å²) in [4.78, 5) is 12.7. The Kier molecular flexibility index (Phi) is 4.49. The Balaban J connectivity index is 1.50. The number of rotatable bonds is 3. The molecule has 0 amide bonds. The second-order valence-corrected chi connectivity index (χ2v) is 6.64. The minimum absolute atomic E-state index is 0.156. The molecule has 27 heavy (non-hydrogen) atoms. The molecular weight excluding hydrogens is 350 g/mol. The molecule has 140 valence electrons. The van der Waals surface area contributed by atoms with E-state index in [1.54, 1.807) is 0 Å². The summed E-state index contributed by atoms with van der Waals surface area (Å²) >= 11 is 0. The van der Waals surface area contributed by atoms with Gasteiger partial charge >= 0.3 is 0 Å². The Labute approximate surface area is 155 Å². The highest BCUT2D eigenvalue weighted by Crippen LogP contribution is 2.31. The van der Waals surface area contributed by atoms with E-state index in [0.29, 0.717) is 23.4 Å². The second kappa shape index (κ2) is 6.96. The van der Waals surface area contributed by atoms with Gasteiger partial charge in [-0.1, -0.05) is 12.1 Å². The topological polar surface area (TPSA) is 84.3 Å². The summed E-state index contributed by atoms with van der Waals surface area (Å²) in [6.07, 6.45) is 0. The smallest absolute Gasteiger partial charge is 0.222 e. The minimum atomic E-state index is -0.558. The van der Waals surface area contributed by atoms with Gasteiger partial charge in [0, 0.05) is 50.0 Å². The van der Waals surface area contributed by atoms with Crippen LogP contribution in [0, 0.1) is 11.6 Å². The highest BCUT2D eigenvalue weighted by Gasteiger charge is 2.21. The van der Waals surface area contributed by atoms with E-state index in [2.05, 4.69) is 19.8 Å². The van der Waals surface area contributed by atoms with Gasteiger partial charge in [0.2, 0.25) is 5.95 Å². The van der Waals surface area contributed by atoms with Crippen LogP contribution in [0.25, 0.3) is 10.9 Å². The van der Waals surface area contributed by atoms with Gasteiger partial charge in [0.15, 0.2) is 0 Å². The van der Waals surface area contributed by atoms with E-state index in [9.17, 15) is 8.78 Å². The normalized spacial score (nSPS) is 15.4. The molecule has 1 aromatic heterocycles. The molecule has 3 aromatic rings. The fourth-order valence-electron chi connectivity index (χ4n) is 3.51. The predicted molar refractivity (Wildman–Crippen MR) is 102 cm³/mol. The lowest BCUT2D eigenvalue weighted by Gasteiger charge is -2.36. The summed E-state index contributed by atoms with van der Waals surface area (Å²) in [6, 6.07) is 9.50. The highest BCUT2D eigenvalue weighted by molar-refractivity contribution is 5.99. The van der Waals surface area contributed by atoms with Crippen LogP contribution in [0.15, 0.2) is 36.4 Å². The van der Waals surface area contributed by atoms with Crippen LogP contribution in [0.2, 0.25) is 0 Å². The first kappa shape index (κ1) is 17.4. The van der Waals surface area contributed by atoms with E-state index in [0.717, 1.165) is 43.3 Å². The zero-order valence-electron chi connectivity index (χ0n) is 14.7. The van der Waals surface area contributed by atoms with Crippen LogP contribution in [0.1, 0.15) is 5.56 Å². The monoisotopic (exact) mass is 370 g/mol. The molecule has 2 heterocycles. The van der Waals surface area contributed by atoms with Gasteiger partial charge in [0.05, 0.1) is 10.9 Å². The molecule has 4 N–H and O–H groups in total. The standard InChI is InChI=1S/C19H20F2N6/c20-13-5-4-12(14(21)10-13)11-26-6-8-27(9-7-26)16-3-1-2-15-17(16)18(22)25-19(23)24-15/h1-5,10H,6-9,11H2,(H4,22,23,24,25). The lowest BCUT2D eigenvalue weighted by atomic mass is 10.1. The summed E-state index contributed by atoms with van der Waals surface area (Å²) in [5.41, 5.74) is 14.0. The van der Waals surface area contributed by atoms with Crippen LogP contribution in [0.3, 0.4) is 0 Å². The molecule has 6 nitrogen and oxygen atoms in total. The maximum absolute atomic E-state index is 13.9. The molecule has 1 saturated heterocycles. The molecule has 0 spiro atoms. The first-order chi connectivity index (χ1) is 13.0. The van der Waals surface area contributed by atoms with Crippen molar-refractivity contribution in [3.63, 3.8) is 0 Å². The van der Waals surface area contributed by atoms with Gasteiger partial charge in [-0.3, -0.25) is 4.90 Å². The number of benzene rings is 2. The fourth-order valence-corrected chi connectivity index (χ4v) is 3.51. The van der Waals surface area contributed by atoms with Crippen LogP contribution >= 0.6 is 0 Å². The number of anilines is 3. The Hall–Kier alpha value is -3.00. The summed E-state index contributed by atoms with van der Waals surface area (Å²) < 4.78 is 26.9. The van der Waals surface area contributed by atoms with Crippen LogP contribution in [0.4, 0.5) is 26.2 Å². The van der Waals surface area contributed by atoms with E-state index < -0.39 is 11.6 Å². The van der Waals surface area contributed by atoms with Crippen LogP contribution in [-0.2, 0) is 6.54 Å². The van der Waals surface area contributed by atoms with Crippen molar-refractivity contribution in [3.8, 4) is 0 Å². The van der Waals surface area contributed by atoms with Crippen molar-refractivity contribution in [1.29, 1.82) is 0 Å². The molecule has 0 atom stereocenters. The molecule has 0 aliphatic carbocycles. The van der Waals surface area contributed by atoms with E-state index >= 15 is 0 Å². The maximum Gasteiger partial charge on any atom is 0.222 e. The molecule has 8 heteroatoms. The quantitative estimate of drug-likeness (QED) is 0.737. The molecule has 1 aliphatic rings. The van der Waals surface area contributed by atoms with Crippen molar-refractivity contribution in [2.75, 3.05) is 42.5 Å². The number of hydrogen-bond donors (Lipinski definition) is 2. The average Bonchev–Trinajstić information content (AvgIpc) is 2.64. The second-order valence-electron chi connectivity index (χ2n) is 6.64. The zero-order valence-corrected chi connectivity index (χ0v) is 14.7. The number of hydrogen-bond acceptors (Lipinski definition) is 6. The summed E-state index contributed by atoms with van der Waals surface area (Å²) in [5.74, 6) is -0.543. The van der Waals surface area contributed by atoms with Crippen molar-refractivity contribution in [3.05, 3.63) is 53.6 Å². The van der Waals surface area contributed by atoms with Crippen molar-refractivity contribution in [1.82, 2.24) is 14.9 Å². The van der Waals surface area contributed by atoms with E-state index in [1.807, 2.05) is 18.2 Å². The van der Waals surface area contributed by atoms with Gasteiger partial charge in [-0.05, 0) is 18.2 Å². The van der Waals surface area contributed by atoms with E-state index in [-0.39, 0.29) is 5.95 Å². The van der Waals surface area contributed by atoms with E-state index in [1.165, 1.54) is 12.1 Å². The lowest BCUT2D eigenvalue weighted by molar-refractivity contribution is 0.246. The van der Waals surface area contributed by atoms with Gasteiger partial charge < -0.3 is 16.4 Å². The number of halogens is 2. The number of aromatic nitrogens is 2. The maximum atomic E-state index is 13.9. The lowest BCUT2D eigenvalue weighted by Crippen LogP contribution is -2.46. The van der Waals surface area contributed by atoms with Crippen molar-refractivity contribution in [2.24, 2.45) is 0 Å². The summed E-state index contributed by atoms with van der Waals surface area (Å²) in [6.45, 7) is 3.47. The van der Waals surface area contributed by atoms with Crippen molar-refractivity contribution >= 4 is 28.4 Å². The molecule has 1 fully saturated rings.